The maximum absolute atomic E-state index is 9.53. The number of benzene rings is 1. The van der Waals surface area contributed by atoms with Gasteiger partial charge in [-0.25, -0.2) is 0 Å². The Morgan fingerprint density at radius 1 is 1.22 bits per heavy atom. The minimum atomic E-state index is 0.0182. The van der Waals surface area contributed by atoms with Crippen molar-refractivity contribution in [3.8, 4) is 5.75 Å². The number of aryl methyl sites for hydroxylation is 1. The number of rotatable bonds is 1. The van der Waals surface area contributed by atoms with Crippen molar-refractivity contribution in [2.45, 2.75) is 18.8 Å². The number of pyridine rings is 1. The Labute approximate surface area is 115 Å². The Kier molecular flexibility index (Phi) is 2.92. The van der Waals surface area contributed by atoms with Gasteiger partial charge in [0.1, 0.15) is 5.75 Å². The largest absolute Gasteiger partial charge is 0.506 e. The molecule has 3 rings (SSSR count). The fraction of sp³-hybridized carbons (Fsp3) is 0.214. The normalized spacial score (nSPS) is 17.8. The van der Waals surface area contributed by atoms with E-state index < -0.39 is 0 Å². The first-order valence-electron chi connectivity index (χ1n) is 5.78. The molecule has 1 unspecified atom stereocenters. The summed E-state index contributed by atoms with van der Waals surface area (Å²) in [6, 6.07) is 7.29. The molecular weight excluding hydrogens is 269 g/mol. The van der Waals surface area contributed by atoms with Crippen LogP contribution in [-0.2, 0) is 6.42 Å². The van der Waals surface area contributed by atoms with Gasteiger partial charge in [0.2, 0.25) is 0 Å². The Balaban J connectivity index is 2.10. The first-order chi connectivity index (χ1) is 8.66. The number of nitrogens with zero attached hydrogens (tertiary/aromatic N) is 1. The number of fused-ring (bicyclic) bond motifs is 1. The van der Waals surface area contributed by atoms with Crippen molar-refractivity contribution < 1.29 is 5.11 Å². The van der Waals surface area contributed by atoms with Crippen molar-refractivity contribution in [2.24, 2.45) is 0 Å². The van der Waals surface area contributed by atoms with Gasteiger partial charge in [0.25, 0.3) is 0 Å². The molecule has 1 aliphatic rings. The number of phenols is 1. The number of halogens is 2. The van der Waals surface area contributed by atoms with E-state index in [0.29, 0.717) is 10.0 Å². The van der Waals surface area contributed by atoms with Crippen molar-refractivity contribution in [3.05, 3.63) is 57.3 Å². The lowest BCUT2D eigenvalue weighted by Gasteiger charge is -2.14. The number of aromatic hydroxyl groups is 1. The van der Waals surface area contributed by atoms with Crippen molar-refractivity contribution in [1.29, 1.82) is 0 Å². The molecule has 0 amide bonds. The Hall–Kier alpha value is -1.25. The molecule has 1 heterocycles. The molecule has 0 aliphatic heterocycles. The summed E-state index contributed by atoms with van der Waals surface area (Å²) in [5, 5.41) is 10.4. The predicted molar refractivity (Wildman–Crippen MR) is 72.5 cm³/mol. The van der Waals surface area contributed by atoms with Crippen LogP contribution in [-0.4, -0.2) is 10.1 Å². The van der Waals surface area contributed by atoms with Gasteiger partial charge in [-0.3, -0.25) is 4.98 Å². The van der Waals surface area contributed by atoms with Gasteiger partial charge in [0, 0.05) is 23.2 Å². The minimum absolute atomic E-state index is 0.0182. The quantitative estimate of drug-likeness (QED) is 0.850. The molecule has 0 saturated heterocycles. The van der Waals surface area contributed by atoms with Crippen LogP contribution in [0.2, 0.25) is 10.0 Å². The Bertz CT molecular complexity index is 613. The molecule has 0 fully saturated rings. The highest BCUT2D eigenvalue weighted by Crippen LogP contribution is 2.42. The summed E-state index contributed by atoms with van der Waals surface area (Å²) in [5.74, 6) is 0.191. The maximum Gasteiger partial charge on any atom is 0.135 e. The topological polar surface area (TPSA) is 33.1 Å². The van der Waals surface area contributed by atoms with Crippen molar-refractivity contribution in [2.75, 3.05) is 0 Å². The smallest absolute Gasteiger partial charge is 0.135 e. The molecule has 0 bridgehead atoms. The average Bonchev–Trinajstić information content (AvgIpc) is 2.78. The van der Waals surface area contributed by atoms with Gasteiger partial charge in [-0.05, 0) is 36.1 Å². The molecule has 1 aliphatic carbocycles. The van der Waals surface area contributed by atoms with Crippen LogP contribution in [0.4, 0.5) is 0 Å². The molecule has 4 heteroatoms. The zero-order valence-corrected chi connectivity index (χ0v) is 11.0. The Morgan fingerprint density at radius 3 is 2.89 bits per heavy atom. The monoisotopic (exact) mass is 279 g/mol. The zero-order chi connectivity index (χ0) is 12.7. The highest BCUT2D eigenvalue weighted by atomic mass is 35.5. The molecule has 2 aromatic rings. The molecule has 2 nitrogen and oxygen atoms in total. The van der Waals surface area contributed by atoms with E-state index >= 15 is 0 Å². The van der Waals surface area contributed by atoms with Crippen molar-refractivity contribution in [1.82, 2.24) is 4.98 Å². The summed E-state index contributed by atoms with van der Waals surface area (Å²) in [5.41, 5.74) is 3.28. The van der Waals surface area contributed by atoms with E-state index in [4.69, 9.17) is 23.2 Å². The molecule has 1 aromatic heterocycles. The van der Waals surface area contributed by atoms with Crippen LogP contribution in [0.25, 0.3) is 0 Å². The molecule has 1 aromatic carbocycles. The van der Waals surface area contributed by atoms with E-state index in [1.807, 2.05) is 6.07 Å². The summed E-state index contributed by atoms with van der Waals surface area (Å²) in [4.78, 5) is 4.45. The maximum atomic E-state index is 9.53. The van der Waals surface area contributed by atoms with Gasteiger partial charge in [-0.15, -0.1) is 0 Å². The van der Waals surface area contributed by atoms with Crippen LogP contribution >= 0.6 is 23.2 Å². The van der Waals surface area contributed by atoms with Gasteiger partial charge < -0.3 is 5.11 Å². The van der Waals surface area contributed by atoms with Crippen LogP contribution < -0.4 is 0 Å². The molecule has 0 radical (unpaired) electrons. The first-order valence-corrected chi connectivity index (χ1v) is 6.54. The molecule has 1 atom stereocenters. The highest BCUT2D eigenvalue weighted by molar-refractivity contribution is 6.34. The minimum Gasteiger partial charge on any atom is -0.506 e. The second-order valence-electron chi connectivity index (χ2n) is 4.46. The molecule has 0 spiro atoms. The van der Waals surface area contributed by atoms with E-state index in [0.717, 1.165) is 24.1 Å². The summed E-state index contributed by atoms with van der Waals surface area (Å²) < 4.78 is 0. The lowest BCUT2D eigenvalue weighted by molar-refractivity contribution is 0.475. The third-order valence-corrected chi connectivity index (χ3v) is 4.03. The summed E-state index contributed by atoms with van der Waals surface area (Å²) in [7, 11) is 0. The van der Waals surface area contributed by atoms with Gasteiger partial charge in [0.15, 0.2) is 0 Å². The third-order valence-electron chi connectivity index (χ3n) is 3.40. The predicted octanol–water partition coefficient (Wildman–Crippen LogP) is 4.17. The number of aromatic nitrogens is 1. The van der Waals surface area contributed by atoms with Crippen molar-refractivity contribution in [3.63, 3.8) is 0 Å². The van der Waals surface area contributed by atoms with E-state index in [-0.39, 0.29) is 11.7 Å². The highest BCUT2D eigenvalue weighted by Gasteiger charge is 2.27. The Morgan fingerprint density at radius 2 is 2.06 bits per heavy atom. The fourth-order valence-corrected chi connectivity index (χ4v) is 3.00. The van der Waals surface area contributed by atoms with Crippen molar-refractivity contribution >= 4 is 23.2 Å². The number of phenolic OH excluding ortho intramolecular Hbond substituents is 1. The number of hydrogen-bond acceptors (Lipinski definition) is 2. The van der Waals surface area contributed by atoms with Crippen LogP contribution in [0.5, 0.6) is 5.75 Å². The van der Waals surface area contributed by atoms with E-state index in [1.165, 1.54) is 11.6 Å². The summed E-state index contributed by atoms with van der Waals surface area (Å²) >= 11 is 12.2. The molecule has 0 saturated carbocycles. The molecule has 1 N–H and O–H groups in total. The van der Waals surface area contributed by atoms with Gasteiger partial charge in [-0.2, -0.15) is 0 Å². The molecule has 92 valence electrons. The first kappa shape index (κ1) is 11.8. The molecular formula is C14H11Cl2NO. The number of hydrogen-bond donors (Lipinski definition) is 1. The van der Waals surface area contributed by atoms with E-state index in [2.05, 4.69) is 11.1 Å². The lowest BCUT2D eigenvalue weighted by atomic mass is 9.96. The zero-order valence-electron chi connectivity index (χ0n) is 9.53. The van der Waals surface area contributed by atoms with Crippen LogP contribution in [0.15, 0.2) is 30.5 Å². The van der Waals surface area contributed by atoms with E-state index in [9.17, 15) is 5.11 Å². The van der Waals surface area contributed by atoms with Crippen LogP contribution in [0, 0.1) is 0 Å². The summed E-state index contributed by atoms with van der Waals surface area (Å²) in [6.07, 6.45) is 3.78. The molecule has 18 heavy (non-hydrogen) atoms. The standard InChI is InChI=1S/C14H11Cl2NO/c15-11-7-13(18)12(16)6-10(11)9-4-3-8-2-1-5-17-14(8)9/h1-2,5-7,9,18H,3-4H2. The van der Waals surface area contributed by atoms with E-state index in [1.54, 1.807) is 12.3 Å². The average molecular weight is 280 g/mol. The SMILES string of the molecule is Oc1cc(Cl)c(C2CCc3cccnc32)cc1Cl. The van der Waals surface area contributed by atoms with Crippen LogP contribution in [0.1, 0.15) is 29.2 Å². The van der Waals surface area contributed by atoms with Gasteiger partial charge in [-0.1, -0.05) is 29.3 Å². The fourth-order valence-electron chi connectivity index (χ4n) is 2.53. The van der Waals surface area contributed by atoms with Gasteiger partial charge >= 0.3 is 0 Å². The lowest BCUT2D eigenvalue weighted by Crippen LogP contribution is -1.99. The van der Waals surface area contributed by atoms with Gasteiger partial charge in [0.05, 0.1) is 10.7 Å². The second-order valence-corrected chi connectivity index (χ2v) is 5.28. The second kappa shape index (κ2) is 4.45. The van der Waals surface area contributed by atoms with Crippen LogP contribution in [0.3, 0.4) is 0 Å². The summed E-state index contributed by atoms with van der Waals surface area (Å²) in [6.45, 7) is 0. The third kappa shape index (κ3) is 1.86.